The van der Waals surface area contributed by atoms with Crippen LogP contribution in [0.15, 0.2) is 54.7 Å². The van der Waals surface area contributed by atoms with Crippen LogP contribution in [-0.4, -0.2) is 24.1 Å². The first-order valence-corrected chi connectivity index (χ1v) is 6.84. The second-order valence-electron chi connectivity index (χ2n) is 5.16. The molecule has 0 fully saturated rings. The van der Waals surface area contributed by atoms with E-state index >= 15 is 0 Å². The van der Waals surface area contributed by atoms with E-state index in [4.69, 9.17) is 5.21 Å². The van der Waals surface area contributed by atoms with E-state index < -0.39 is 0 Å². The maximum Gasteiger partial charge on any atom is 0.316 e. The van der Waals surface area contributed by atoms with Crippen molar-refractivity contribution in [2.75, 3.05) is 0 Å². The van der Waals surface area contributed by atoms with Crippen molar-refractivity contribution in [1.82, 2.24) is 14.0 Å². The highest BCUT2D eigenvalue weighted by atomic mass is 16.6. The minimum Gasteiger partial charge on any atom is -0.313 e. The minimum atomic E-state index is -0.152. The summed E-state index contributed by atoms with van der Waals surface area (Å²) in [6.07, 6.45) is 1.97. The third kappa shape index (κ3) is 1.70. The Morgan fingerprint density at radius 1 is 1.05 bits per heavy atom. The number of aryl methyl sites for hydroxylation is 1. The van der Waals surface area contributed by atoms with Gasteiger partial charge in [-0.15, -0.1) is 0 Å². The van der Waals surface area contributed by atoms with Crippen molar-refractivity contribution in [1.29, 1.82) is 0 Å². The maximum atomic E-state index is 10.8. The van der Waals surface area contributed by atoms with Crippen LogP contribution in [0.3, 0.4) is 0 Å². The molecular weight excluding hydrogens is 280 g/mol. The van der Waals surface area contributed by atoms with Crippen molar-refractivity contribution >= 4 is 22.5 Å². The molecule has 4 rings (SSSR count). The summed E-state index contributed by atoms with van der Waals surface area (Å²) in [6, 6.07) is 14.8. The number of benzene rings is 2. The van der Waals surface area contributed by atoms with Gasteiger partial charge in [-0.25, -0.2) is 10.2 Å². The van der Waals surface area contributed by atoms with Crippen LogP contribution in [0.5, 0.6) is 0 Å². The first-order chi connectivity index (χ1) is 10.6. The molecule has 0 radical (unpaired) electrons. The van der Waals surface area contributed by atoms with Crippen LogP contribution in [0.2, 0.25) is 0 Å². The van der Waals surface area contributed by atoms with E-state index in [1.165, 1.54) is 0 Å². The Bertz CT molecular complexity index is 1010. The number of para-hydroxylation sites is 2. The van der Waals surface area contributed by atoms with Gasteiger partial charge < -0.3 is 4.57 Å². The van der Waals surface area contributed by atoms with Gasteiger partial charge in [0.1, 0.15) is 0 Å². The lowest BCUT2D eigenvalue weighted by molar-refractivity contribution is -0.729. The van der Waals surface area contributed by atoms with E-state index in [1.807, 2.05) is 34.3 Å². The average Bonchev–Trinajstić information content (AvgIpc) is 3.08. The van der Waals surface area contributed by atoms with Gasteiger partial charge in [0.15, 0.2) is 0 Å². The van der Waals surface area contributed by atoms with E-state index in [-0.39, 0.29) is 10.6 Å². The van der Waals surface area contributed by atoms with Crippen LogP contribution >= 0.6 is 0 Å². The van der Waals surface area contributed by atoms with Gasteiger partial charge in [0.2, 0.25) is 5.78 Å². The van der Waals surface area contributed by atoms with E-state index in [2.05, 4.69) is 17.1 Å². The number of rotatable bonds is 2. The van der Waals surface area contributed by atoms with E-state index in [0.29, 0.717) is 0 Å². The topological polar surface area (TPSA) is 62.5 Å². The minimum absolute atomic E-state index is 0.152. The van der Waals surface area contributed by atoms with Gasteiger partial charge >= 0.3 is 5.69 Å². The Morgan fingerprint density at radius 2 is 1.73 bits per heavy atom. The lowest BCUT2D eigenvalue weighted by Crippen LogP contribution is -1.91. The van der Waals surface area contributed by atoms with E-state index in [0.717, 1.165) is 28.1 Å². The number of nitrogens with zero attached hydrogens (tertiary/aromatic N) is 4. The van der Waals surface area contributed by atoms with Gasteiger partial charge in [0.25, 0.3) is 4.92 Å². The molecule has 0 bridgehead atoms. The molecule has 0 aliphatic rings. The van der Waals surface area contributed by atoms with Gasteiger partial charge in [-0.05, 0) is 24.3 Å². The van der Waals surface area contributed by atoms with Crippen molar-refractivity contribution in [3.63, 3.8) is 0 Å². The number of aromatic nitrogens is 3. The lowest BCUT2D eigenvalue weighted by Gasteiger charge is -1.96. The fourth-order valence-corrected chi connectivity index (χ4v) is 2.74. The van der Waals surface area contributed by atoms with Crippen LogP contribution in [0.1, 0.15) is 0 Å². The lowest BCUT2D eigenvalue weighted by atomic mass is 10.1. The molecule has 0 aliphatic heterocycles. The Labute approximate surface area is 125 Å². The molecule has 6 nitrogen and oxygen atoms in total. The van der Waals surface area contributed by atoms with Crippen LogP contribution < -0.4 is 0 Å². The molecule has 4 aromatic rings. The summed E-state index contributed by atoms with van der Waals surface area (Å²) in [7, 11) is 1.98. The second kappa shape index (κ2) is 4.42. The molecule has 2 aromatic heterocycles. The Balaban J connectivity index is 1.89. The Morgan fingerprint density at radius 3 is 2.41 bits per heavy atom. The molecule has 0 aliphatic carbocycles. The van der Waals surface area contributed by atoms with Gasteiger partial charge in [-0.1, -0.05) is 12.1 Å². The summed E-state index contributed by atoms with van der Waals surface area (Å²) in [6.45, 7) is 0. The summed E-state index contributed by atoms with van der Waals surface area (Å²) >= 11 is 0. The van der Waals surface area contributed by atoms with E-state index in [1.54, 1.807) is 24.3 Å². The van der Waals surface area contributed by atoms with Crippen molar-refractivity contribution in [2.45, 2.75) is 0 Å². The van der Waals surface area contributed by atoms with Crippen LogP contribution in [0.25, 0.3) is 28.1 Å². The zero-order valence-corrected chi connectivity index (χ0v) is 11.8. The first-order valence-electron chi connectivity index (χ1n) is 6.84. The van der Waals surface area contributed by atoms with E-state index in [9.17, 15) is 4.91 Å². The molecule has 0 spiro atoms. The molecule has 108 valence electrons. The smallest absolute Gasteiger partial charge is 0.313 e. The van der Waals surface area contributed by atoms with Gasteiger partial charge in [0, 0.05) is 30.9 Å². The second-order valence-corrected chi connectivity index (χ2v) is 5.16. The Kier molecular flexibility index (Phi) is 2.53. The summed E-state index contributed by atoms with van der Waals surface area (Å²) in [4.78, 5) is 15.3. The highest BCUT2D eigenvalue weighted by Gasteiger charge is 2.14. The number of fused-ring (bicyclic) bond motifs is 3. The number of imidazole rings is 2. The molecule has 22 heavy (non-hydrogen) atoms. The van der Waals surface area contributed by atoms with Crippen LogP contribution in [0, 0.1) is 4.91 Å². The van der Waals surface area contributed by atoms with Crippen LogP contribution in [-0.2, 0) is 7.05 Å². The number of hydrogen-bond donors (Lipinski definition) is 1. The normalized spacial score (nSPS) is 11.3. The largest absolute Gasteiger partial charge is 0.316 e. The molecule has 2 aromatic carbocycles. The van der Waals surface area contributed by atoms with Crippen molar-refractivity contribution < 1.29 is 10.1 Å². The van der Waals surface area contributed by atoms with Crippen molar-refractivity contribution in [2.24, 2.45) is 7.05 Å². The predicted molar refractivity (Wildman–Crippen MR) is 82.2 cm³/mol. The van der Waals surface area contributed by atoms with Gasteiger partial charge in [-0.2, -0.15) is 0 Å². The number of hydrogen-bond acceptors (Lipinski definition) is 2. The fraction of sp³-hybridized carbons (Fsp3) is 0.0625. The third-order valence-corrected chi connectivity index (χ3v) is 3.87. The predicted octanol–water partition coefficient (Wildman–Crippen LogP) is 3.29. The molecule has 1 N–H and O–H groups in total. The summed E-state index contributed by atoms with van der Waals surface area (Å²) in [5.74, 6) is 0.855. The molecule has 0 unspecified atom stereocenters. The molecule has 0 atom stereocenters. The molecule has 6 heteroatoms. The fourth-order valence-electron chi connectivity index (χ4n) is 2.74. The molecular formula is C16H13N4O2+. The highest BCUT2D eigenvalue weighted by Crippen LogP contribution is 2.25. The maximum absolute atomic E-state index is 10.8. The summed E-state index contributed by atoms with van der Waals surface area (Å²) < 4.78 is 4.09. The molecule has 2 heterocycles. The standard InChI is InChI=1S/C16H13N4O2/c1-18-14-4-2-3-5-15(14)19-10-13(17-16(18)19)11-6-8-12(9-7-11)20(21)22/h2-10H,1H3,(H,21,22)/q+1. The van der Waals surface area contributed by atoms with Gasteiger partial charge in [0.05, 0.1) is 21.6 Å². The third-order valence-electron chi connectivity index (χ3n) is 3.87. The average molecular weight is 293 g/mol. The monoisotopic (exact) mass is 293 g/mol. The van der Waals surface area contributed by atoms with Crippen LogP contribution in [0.4, 0.5) is 5.69 Å². The molecule has 0 amide bonds. The van der Waals surface area contributed by atoms with Crippen molar-refractivity contribution in [3.05, 3.63) is 59.6 Å². The van der Waals surface area contributed by atoms with Crippen molar-refractivity contribution in [3.8, 4) is 11.3 Å². The molecule has 0 saturated carbocycles. The first kappa shape index (κ1) is 12.6. The SMILES string of the molecule is Cn1c2ccccc2n2cc(-c3ccc([N+](=O)O)cc3)nc12. The summed E-state index contributed by atoms with van der Waals surface area (Å²) in [5, 5.41) is 8.88. The van der Waals surface area contributed by atoms with Gasteiger partial charge in [-0.3, -0.25) is 4.40 Å². The Hall–Kier alpha value is -3.15. The quantitative estimate of drug-likeness (QED) is 0.577. The zero-order chi connectivity index (χ0) is 15.3. The zero-order valence-electron chi connectivity index (χ0n) is 11.8. The molecule has 0 saturated heterocycles. The summed E-state index contributed by atoms with van der Waals surface area (Å²) in [5.41, 5.74) is 4.11. The highest BCUT2D eigenvalue weighted by molar-refractivity contribution is 5.82.